The van der Waals surface area contributed by atoms with Crippen LogP contribution in [0.15, 0.2) is 36.5 Å². The van der Waals surface area contributed by atoms with E-state index in [4.69, 9.17) is 21.1 Å². The van der Waals surface area contributed by atoms with Gasteiger partial charge in [-0.3, -0.25) is 4.79 Å². The summed E-state index contributed by atoms with van der Waals surface area (Å²) in [4.78, 5) is 41.4. The van der Waals surface area contributed by atoms with Gasteiger partial charge in [-0.1, -0.05) is 23.7 Å². The highest BCUT2D eigenvalue weighted by molar-refractivity contribution is 6.30. The number of rotatable bonds is 6. The van der Waals surface area contributed by atoms with Gasteiger partial charge in [0.2, 0.25) is 0 Å². The first-order valence-electron chi connectivity index (χ1n) is 9.76. The zero-order chi connectivity index (χ0) is 22.0. The molecule has 0 spiro atoms. The lowest BCUT2D eigenvalue weighted by Gasteiger charge is -2.32. The van der Waals surface area contributed by atoms with E-state index in [0.717, 1.165) is 11.8 Å². The monoisotopic (exact) mass is 445 g/mol. The number of carbonyl (C=O) groups is 3. The van der Waals surface area contributed by atoms with Gasteiger partial charge in [-0.2, -0.15) is 0 Å². The number of nitrogens with one attached hydrogen (secondary N) is 1. The number of nitrogens with zero attached hydrogens (tertiary/aromatic N) is 2. The molecule has 0 radical (unpaired) electrons. The van der Waals surface area contributed by atoms with E-state index in [9.17, 15) is 19.5 Å². The molecule has 0 aliphatic carbocycles. The third kappa shape index (κ3) is 4.72. The van der Waals surface area contributed by atoms with E-state index in [0.29, 0.717) is 31.0 Å². The van der Waals surface area contributed by atoms with Crippen molar-refractivity contribution < 1.29 is 29.0 Å². The molecule has 2 amide bonds. The number of ether oxygens (including phenoxy) is 2. The fourth-order valence-electron chi connectivity index (χ4n) is 3.64. The molecule has 0 unspecified atom stereocenters. The Morgan fingerprint density at radius 2 is 2.10 bits per heavy atom. The SMILES string of the molecule is O=C(NCc1ccc(Cl)cc1)c1cc(O[C@H]2CCN3C(=O)OC[C@@H]3C2)c(C(=O)O)cn1. The maximum absolute atomic E-state index is 12.5. The van der Waals surface area contributed by atoms with E-state index in [-0.39, 0.29) is 41.8 Å². The zero-order valence-electron chi connectivity index (χ0n) is 16.4. The standard InChI is InChI=1S/C21H20ClN3O6/c22-13-3-1-12(2-4-13)9-24-19(26)17-8-18(16(10-23-17)20(27)28)31-15-5-6-25-14(7-15)11-30-21(25)29/h1-4,8,10,14-15H,5-7,9,11H2,(H,24,26)(H,27,28)/t14-,15-/m0/s1. The minimum absolute atomic E-state index is 0.0470. The van der Waals surface area contributed by atoms with Crippen LogP contribution in [0.1, 0.15) is 39.3 Å². The Bertz CT molecular complexity index is 1010. The third-order valence-corrected chi connectivity index (χ3v) is 5.54. The largest absolute Gasteiger partial charge is 0.489 e. The van der Waals surface area contributed by atoms with Gasteiger partial charge in [-0.25, -0.2) is 14.6 Å². The van der Waals surface area contributed by atoms with Gasteiger partial charge in [-0.05, 0) is 17.7 Å². The zero-order valence-corrected chi connectivity index (χ0v) is 17.2. The number of carboxylic acids is 1. The van der Waals surface area contributed by atoms with Crippen LogP contribution in [0.4, 0.5) is 4.79 Å². The molecule has 31 heavy (non-hydrogen) atoms. The second-order valence-electron chi connectivity index (χ2n) is 7.37. The van der Waals surface area contributed by atoms with E-state index in [2.05, 4.69) is 10.3 Å². The lowest BCUT2D eigenvalue weighted by molar-refractivity contribution is 0.0672. The van der Waals surface area contributed by atoms with Gasteiger partial charge < -0.3 is 24.8 Å². The first-order chi connectivity index (χ1) is 14.9. The Hall–Kier alpha value is -3.33. The second-order valence-corrected chi connectivity index (χ2v) is 7.80. The molecule has 10 heteroatoms. The smallest absolute Gasteiger partial charge is 0.410 e. The average Bonchev–Trinajstić information content (AvgIpc) is 3.13. The topological polar surface area (TPSA) is 118 Å². The molecule has 3 heterocycles. The molecule has 2 fully saturated rings. The van der Waals surface area contributed by atoms with Crippen LogP contribution in [0.3, 0.4) is 0 Å². The summed E-state index contributed by atoms with van der Waals surface area (Å²) in [5.74, 6) is -1.59. The molecular weight excluding hydrogens is 426 g/mol. The third-order valence-electron chi connectivity index (χ3n) is 5.29. The van der Waals surface area contributed by atoms with Gasteiger partial charge in [0.15, 0.2) is 0 Å². The van der Waals surface area contributed by atoms with E-state index >= 15 is 0 Å². The van der Waals surface area contributed by atoms with Crippen LogP contribution in [-0.4, -0.2) is 58.3 Å². The number of amides is 2. The molecule has 1 aromatic carbocycles. The molecule has 2 aromatic rings. The summed E-state index contributed by atoms with van der Waals surface area (Å²) < 4.78 is 11.0. The van der Waals surface area contributed by atoms with Gasteiger partial charge in [0.25, 0.3) is 5.91 Å². The van der Waals surface area contributed by atoms with Crippen molar-refractivity contribution in [3.8, 4) is 5.75 Å². The molecule has 2 N–H and O–H groups in total. The summed E-state index contributed by atoms with van der Waals surface area (Å²) in [5, 5.41) is 12.8. The first kappa shape index (κ1) is 20.9. The number of pyridine rings is 1. The van der Waals surface area contributed by atoms with Crippen LogP contribution < -0.4 is 10.1 Å². The Morgan fingerprint density at radius 3 is 2.84 bits per heavy atom. The highest BCUT2D eigenvalue weighted by Crippen LogP contribution is 2.29. The molecule has 9 nitrogen and oxygen atoms in total. The molecule has 2 aliphatic rings. The number of aromatic nitrogens is 1. The molecule has 2 saturated heterocycles. The predicted molar refractivity (Wildman–Crippen MR) is 109 cm³/mol. The van der Waals surface area contributed by atoms with Crippen LogP contribution in [0.5, 0.6) is 5.75 Å². The Labute approximate surface area is 182 Å². The van der Waals surface area contributed by atoms with E-state index in [1.165, 1.54) is 6.07 Å². The first-order valence-corrected chi connectivity index (χ1v) is 10.1. The van der Waals surface area contributed by atoms with Gasteiger partial charge in [0.1, 0.15) is 29.7 Å². The molecule has 2 atom stereocenters. The van der Waals surface area contributed by atoms with Crippen molar-refractivity contribution in [2.75, 3.05) is 13.2 Å². The van der Waals surface area contributed by atoms with Crippen LogP contribution in [0.25, 0.3) is 0 Å². The molecule has 4 rings (SSSR count). The van der Waals surface area contributed by atoms with Gasteiger partial charge in [0, 0.05) is 43.2 Å². The Kier molecular flexibility index (Phi) is 5.94. The average molecular weight is 446 g/mol. The number of benzene rings is 1. The maximum Gasteiger partial charge on any atom is 0.410 e. The van der Waals surface area contributed by atoms with Crippen molar-refractivity contribution in [2.24, 2.45) is 0 Å². The lowest BCUT2D eigenvalue weighted by Crippen LogP contribution is -2.44. The number of piperidine rings is 1. The number of halogens is 1. The second kappa shape index (κ2) is 8.81. The molecule has 2 aliphatic heterocycles. The minimum Gasteiger partial charge on any atom is -0.489 e. The van der Waals surface area contributed by atoms with Gasteiger partial charge >= 0.3 is 12.1 Å². The van der Waals surface area contributed by atoms with Crippen LogP contribution in [0, 0.1) is 0 Å². The van der Waals surface area contributed by atoms with Crippen LogP contribution >= 0.6 is 11.6 Å². The quantitative estimate of drug-likeness (QED) is 0.701. The summed E-state index contributed by atoms with van der Waals surface area (Å²) in [6, 6.07) is 8.28. The summed E-state index contributed by atoms with van der Waals surface area (Å²) >= 11 is 5.86. The van der Waals surface area contributed by atoms with E-state index in [1.807, 2.05) is 0 Å². The van der Waals surface area contributed by atoms with Gasteiger partial charge in [-0.15, -0.1) is 0 Å². The number of carbonyl (C=O) groups excluding carboxylic acids is 2. The predicted octanol–water partition coefficient (Wildman–Crippen LogP) is 2.73. The number of fused-ring (bicyclic) bond motifs is 1. The van der Waals surface area contributed by atoms with Crippen molar-refractivity contribution in [1.82, 2.24) is 15.2 Å². The van der Waals surface area contributed by atoms with Crippen molar-refractivity contribution in [3.05, 3.63) is 58.4 Å². The van der Waals surface area contributed by atoms with Crippen LogP contribution in [0.2, 0.25) is 5.02 Å². The van der Waals surface area contributed by atoms with Crippen molar-refractivity contribution in [1.29, 1.82) is 0 Å². The maximum atomic E-state index is 12.5. The molecule has 0 bridgehead atoms. The van der Waals surface area contributed by atoms with Crippen LogP contribution in [-0.2, 0) is 11.3 Å². The lowest BCUT2D eigenvalue weighted by atomic mass is 10.0. The van der Waals surface area contributed by atoms with Crippen molar-refractivity contribution in [2.45, 2.75) is 31.5 Å². The fraction of sp³-hybridized carbons (Fsp3) is 0.333. The molecule has 1 aromatic heterocycles. The number of aromatic carboxylic acids is 1. The number of carboxylic acid groups (broad SMARTS) is 1. The number of hydrogen-bond acceptors (Lipinski definition) is 6. The number of cyclic esters (lactones) is 1. The summed E-state index contributed by atoms with van der Waals surface area (Å²) in [5.41, 5.74) is 0.776. The molecule has 162 valence electrons. The Morgan fingerprint density at radius 1 is 1.32 bits per heavy atom. The minimum atomic E-state index is -1.20. The van der Waals surface area contributed by atoms with Crippen molar-refractivity contribution in [3.63, 3.8) is 0 Å². The molecule has 0 saturated carbocycles. The molecular formula is C21H20ClN3O6. The fourth-order valence-corrected chi connectivity index (χ4v) is 3.77. The summed E-state index contributed by atoms with van der Waals surface area (Å²) in [7, 11) is 0. The Balaban J connectivity index is 1.46. The normalized spacial score (nSPS) is 20.0. The van der Waals surface area contributed by atoms with Gasteiger partial charge in [0.05, 0.1) is 6.04 Å². The summed E-state index contributed by atoms with van der Waals surface area (Å²) in [6.45, 7) is 1.03. The summed E-state index contributed by atoms with van der Waals surface area (Å²) in [6.07, 6.45) is 1.53. The highest BCUT2D eigenvalue weighted by atomic mass is 35.5. The van der Waals surface area contributed by atoms with Crippen molar-refractivity contribution >= 4 is 29.6 Å². The van der Waals surface area contributed by atoms with E-state index in [1.54, 1.807) is 29.2 Å². The van der Waals surface area contributed by atoms with E-state index < -0.39 is 11.9 Å². The number of hydrogen-bond donors (Lipinski definition) is 2. The highest BCUT2D eigenvalue weighted by Gasteiger charge is 2.39.